The molecule has 2 heterocycles. The molecular formula is C14H14N2O4. The summed E-state index contributed by atoms with van der Waals surface area (Å²) in [6.07, 6.45) is 0. The first kappa shape index (κ1) is 12.4. The Morgan fingerprint density at radius 1 is 1.20 bits per heavy atom. The molecule has 0 atom stereocenters. The number of nitrogens with two attached hydrogens (primary N) is 1. The maximum Gasteiger partial charge on any atom is 0.240 e. The van der Waals surface area contributed by atoms with Crippen LogP contribution in [0.15, 0.2) is 30.3 Å². The van der Waals surface area contributed by atoms with Gasteiger partial charge in [0.05, 0.1) is 12.3 Å². The summed E-state index contributed by atoms with van der Waals surface area (Å²) >= 11 is 0. The number of ether oxygens (including phenoxy) is 4. The third-order valence-electron chi connectivity index (χ3n) is 2.71. The lowest BCUT2D eigenvalue weighted by molar-refractivity contribution is 0.174. The summed E-state index contributed by atoms with van der Waals surface area (Å²) in [6, 6.07) is 8.70. The van der Waals surface area contributed by atoms with E-state index in [4.69, 9.17) is 24.7 Å². The summed E-state index contributed by atoms with van der Waals surface area (Å²) in [6.45, 7) is 2.59. The molecule has 0 aliphatic carbocycles. The molecule has 6 heteroatoms. The Morgan fingerprint density at radius 2 is 2.05 bits per heavy atom. The normalized spacial score (nSPS) is 12.2. The first-order chi connectivity index (χ1) is 9.76. The van der Waals surface area contributed by atoms with E-state index in [1.165, 1.54) is 0 Å². The molecule has 3 rings (SSSR count). The summed E-state index contributed by atoms with van der Waals surface area (Å²) in [5.74, 6) is 2.74. The molecule has 0 spiro atoms. The lowest BCUT2D eigenvalue weighted by Gasteiger charge is -2.09. The smallest absolute Gasteiger partial charge is 0.240 e. The van der Waals surface area contributed by atoms with E-state index < -0.39 is 0 Å². The molecule has 1 aliphatic heterocycles. The van der Waals surface area contributed by atoms with Crippen molar-refractivity contribution in [2.24, 2.45) is 0 Å². The Labute approximate surface area is 116 Å². The number of hydrogen-bond acceptors (Lipinski definition) is 6. The van der Waals surface area contributed by atoms with Gasteiger partial charge in [0, 0.05) is 12.1 Å². The molecule has 0 amide bonds. The lowest BCUT2D eigenvalue weighted by atomic mass is 10.3. The largest absolute Gasteiger partial charge is 0.476 e. The number of pyridine rings is 1. The van der Waals surface area contributed by atoms with Crippen molar-refractivity contribution in [3.63, 3.8) is 0 Å². The van der Waals surface area contributed by atoms with Gasteiger partial charge in [-0.3, -0.25) is 0 Å². The number of rotatable bonds is 4. The molecule has 0 radical (unpaired) electrons. The number of fused-ring (bicyclic) bond motifs is 1. The van der Waals surface area contributed by atoms with Gasteiger partial charge in [-0.25, -0.2) is 0 Å². The quantitative estimate of drug-likeness (QED) is 0.923. The Hall–Kier alpha value is -2.63. The van der Waals surface area contributed by atoms with Gasteiger partial charge in [-0.1, -0.05) is 0 Å². The summed E-state index contributed by atoms with van der Waals surface area (Å²) in [7, 11) is 0. The molecule has 1 aromatic heterocycles. The lowest BCUT2D eigenvalue weighted by Crippen LogP contribution is -2.00. The van der Waals surface area contributed by atoms with Crippen LogP contribution < -0.4 is 24.7 Å². The highest BCUT2D eigenvalue weighted by molar-refractivity contribution is 5.51. The minimum Gasteiger partial charge on any atom is -0.476 e. The highest BCUT2D eigenvalue weighted by atomic mass is 16.7. The molecule has 1 aromatic carbocycles. The Bertz CT molecular complexity index is 631. The van der Waals surface area contributed by atoms with Crippen molar-refractivity contribution in [3.8, 4) is 29.0 Å². The Morgan fingerprint density at radius 3 is 2.90 bits per heavy atom. The van der Waals surface area contributed by atoms with Crippen LogP contribution >= 0.6 is 0 Å². The van der Waals surface area contributed by atoms with E-state index >= 15 is 0 Å². The minimum absolute atomic E-state index is 0.230. The van der Waals surface area contributed by atoms with E-state index in [0.717, 1.165) is 0 Å². The van der Waals surface area contributed by atoms with Gasteiger partial charge < -0.3 is 24.7 Å². The van der Waals surface area contributed by atoms with Crippen molar-refractivity contribution >= 4 is 5.69 Å². The van der Waals surface area contributed by atoms with Crippen molar-refractivity contribution in [2.75, 3.05) is 19.1 Å². The van der Waals surface area contributed by atoms with Crippen LogP contribution in [-0.4, -0.2) is 18.4 Å². The van der Waals surface area contributed by atoms with Crippen LogP contribution in [0.25, 0.3) is 0 Å². The number of nitrogen functional groups attached to an aromatic ring is 1. The average molecular weight is 274 g/mol. The molecule has 0 saturated heterocycles. The van der Waals surface area contributed by atoms with E-state index in [0.29, 0.717) is 41.3 Å². The standard InChI is InChI=1S/C14H14N2O4/c1-2-17-14-10(15)4-6-13(16-14)20-9-3-5-11-12(7-9)19-8-18-11/h3-7H,2,8,15H2,1H3. The number of nitrogens with zero attached hydrogens (tertiary/aromatic N) is 1. The van der Waals surface area contributed by atoms with E-state index in [1.807, 2.05) is 6.92 Å². The van der Waals surface area contributed by atoms with Crippen LogP contribution in [0.2, 0.25) is 0 Å². The molecule has 20 heavy (non-hydrogen) atoms. The first-order valence-corrected chi connectivity index (χ1v) is 6.23. The van der Waals surface area contributed by atoms with E-state index in [-0.39, 0.29) is 6.79 Å². The highest BCUT2D eigenvalue weighted by Gasteiger charge is 2.14. The van der Waals surface area contributed by atoms with Crippen LogP contribution in [0.4, 0.5) is 5.69 Å². The van der Waals surface area contributed by atoms with Gasteiger partial charge in [-0.05, 0) is 25.1 Å². The molecule has 0 unspecified atom stereocenters. The molecule has 104 valence electrons. The fraction of sp³-hybridized carbons (Fsp3) is 0.214. The second-order valence-electron chi connectivity index (χ2n) is 4.09. The van der Waals surface area contributed by atoms with Crippen LogP contribution in [0.5, 0.6) is 29.0 Å². The first-order valence-electron chi connectivity index (χ1n) is 6.23. The zero-order valence-corrected chi connectivity index (χ0v) is 11.0. The van der Waals surface area contributed by atoms with Crippen molar-refractivity contribution in [2.45, 2.75) is 6.92 Å². The molecule has 2 aromatic rings. The number of aromatic nitrogens is 1. The molecule has 1 aliphatic rings. The van der Waals surface area contributed by atoms with Gasteiger partial charge in [-0.2, -0.15) is 4.98 Å². The molecule has 0 saturated carbocycles. The van der Waals surface area contributed by atoms with Crippen LogP contribution in [-0.2, 0) is 0 Å². The van der Waals surface area contributed by atoms with E-state index in [9.17, 15) is 0 Å². The predicted octanol–water partition coefficient (Wildman–Crippen LogP) is 2.58. The maximum atomic E-state index is 5.76. The Balaban J connectivity index is 1.82. The summed E-state index contributed by atoms with van der Waals surface area (Å²) in [5, 5.41) is 0. The number of benzene rings is 1. The maximum absolute atomic E-state index is 5.76. The topological polar surface area (TPSA) is 75.8 Å². The second kappa shape index (κ2) is 5.16. The zero-order valence-electron chi connectivity index (χ0n) is 11.0. The molecule has 6 nitrogen and oxygen atoms in total. The SMILES string of the molecule is CCOc1nc(Oc2ccc3c(c2)OCO3)ccc1N. The van der Waals surface area contributed by atoms with Gasteiger partial charge in [0.1, 0.15) is 5.75 Å². The van der Waals surface area contributed by atoms with E-state index in [1.54, 1.807) is 30.3 Å². The molecule has 0 bridgehead atoms. The zero-order chi connectivity index (χ0) is 13.9. The van der Waals surface area contributed by atoms with Crippen molar-refractivity contribution < 1.29 is 18.9 Å². The van der Waals surface area contributed by atoms with Gasteiger partial charge in [-0.15, -0.1) is 0 Å². The fourth-order valence-electron chi connectivity index (χ4n) is 1.80. The average Bonchev–Trinajstić information content (AvgIpc) is 2.90. The van der Waals surface area contributed by atoms with Gasteiger partial charge >= 0.3 is 0 Å². The predicted molar refractivity (Wildman–Crippen MR) is 72.5 cm³/mol. The minimum atomic E-state index is 0.230. The molecule has 2 N–H and O–H groups in total. The van der Waals surface area contributed by atoms with Crippen molar-refractivity contribution in [1.29, 1.82) is 0 Å². The van der Waals surface area contributed by atoms with Crippen molar-refractivity contribution in [3.05, 3.63) is 30.3 Å². The van der Waals surface area contributed by atoms with E-state index in [2.05, 4.69) is 4.98 Å². The monoisotopic (exact) mass is 274 g/mol. The number of hydrogen-bond donors (Lipinski definition) is 1. The van der Waals surface area contributed by atoms with Crippen LogP contribution in [0.3, 0.4) is 0 Å². The van der Waals surface area contributed by atoms with Gasteiger partial charge in [0.25, 0.3) is 0 Å². The van der Waals surface area contributed by atoms with Crippen LogP contribution in [0.1, 0.15) is 6.92 Å². The summed E-state index contributed by atoms with van der Waals surface area (Å²) in [4.78, 5) is 4.21. The third-order valence-corrected chi connectivity index (χ3v) is 2.71. The highest BCUT2D eigenvalue weighted by Crippen LogP contribution is 2.36. The van der Waals surface area contributed by atoms with Crippen molar-refractivity contribution in [1.82, 2.24) is 4.98 Å². The molecular weight excluding hydrogens is 260 g/mol. The fourth-order valence-corrected chi connectivity index (χ4v) is 1.80. The second-order valence-corrected chi connectivity index (χ2v) is 4.09. The number of anilines is 1. The summed E-state index contributed by atoms with van der Waals surface area (Å²) < 4.78 is 21.5. The third kappa shape index (κ3) is 2.40. The van der Waals surface area contributed by atoms with Gasteiger partial charge in [0.2, 0.25) is 18.6 Å². The molecule has 0 fully saturated rings. The van der Waals surface area contributed by atoms with Gasteiger partial charge in [0.15, 0.2) is 11.5 Å². The van der Waals surface area contributed by atoms with Crippen LogP contribution in [0, 0.1) is 0 Å². The summed E-state index contributed by atoms with van der Waals surface area (Å²) in [5.41, 5.74) is 6.24. The Kier molecular flexibility index (Phi) is 3.20.